The van der Waals surface area contributed by atoms with Gasteiger partial charge in [-0.1, -0.05) is 62.4 Å². The van der Waals surface area contributed by atoms with Crippen LogP contribution in [0.25, 0.3) is 11.1 Å². The first-order valence-corrected chi connectivity index (χ1v) is 6.51. The summed E-state index contributed by atoms with van der Waals surface area (Å²) in [6.07, 6.45) is 0.720. The second-order valence-electron chi connectivity index (χ2n) is 4.92. The molecule has 1 N–H and O–H groups in total. The van der Waals surface area contributed by atoms with E-state index >= 15 is 0 Å². The van der Waals surface area contributed by atoms with Gasteiger partial charge in [0.15, 0.2) is 0 Å². The minimum absolute atomic E-state index is 0.204. The Kier molecular flexibility index (Phi) is 4.16. The van der Waals surface area contributed by atoms with Gasteiger partial charge in [-0.05, 0) is 34.6 Å². The van der Waals surface area contributed by atoms with Crippen LogP contribution in [0.1, 0.15) is 30.9 Å². The molecule has 0 aromatic heterocycles. The number of benzene rings is 2. The Morgan fingerprint density at radius 2 is 1.78 bits per heavy atom. The van der Waals surface area contributed by atoms with Gasteiger partial charge in [0.2, 0.25) is 0 Å². The summed E-state index contributed by atoms with van der Waals surface area (Å²) in [5, 5.41) is 9.02. The Hall–Kier alpha value is -1.60. The van der Waals surface area contributed by atoms with E-state index in [0.717, 1.165) is 6.42 Å². The van der Waals surface area contributed by atoms with Gasteiger partial charge in [0.25, 0.3) is 0 Å². The molecule has 0 heterocycles. The number of aliphatic hydroxyl groups excluding tert-OH is 1. The van der Waals surface area contributed by atoms with Crippen LogP contribution in [-0.4, -0.2) is 11.7 Å². The molecule has 94 valence electrons. The molecule has 0 amide bonds. The van der Waals surface area contributed by atoms with Crippen LogP contribution >= 0.6 is 0 Å². The van der Waals surface area contributed by atoms with Crippen molar-refractivity contribution in [2.75, 3.05) is 6.61 Å². The van der Waals surface area contributed by atoms with Gasteiger partial charge in [-0.15, -0.1) is 0 Å². The molecule has 0 unspecified atom stereocenters. The van der Waals surface area contributed by atoms with Crippen LogP contribution < -0.4 is 0 Å². The summed E-state index contributed by atoms with van der Waals surface area (Å²) >= 11 is 0. The zero-order valence-corrected chi connectivity index (χ0v) is 11.1. The average molecular weight is 240 g/mol. The fraction of sp³-hybridized carbons (Fsp3) is 0.294. The van der Waals surface area contributed by atoms with Gasteiger partial charge in [-0.2, -0.15) is 0 Å². The molecule has 2 aromatic rings. The van der Waals surface area contributed by atoms with Gasteiger partial charge >= 0.3 is 0 Å². The summed E-state index contributed by atoms with van der Waals surface area (Å²) in [5.41, 5.74) is 5.10. The Bertz CT molecular complexity index is 515. The standard InChI is InChI=1S/C17H20O/c1-13(2)16-8-3-4-9-17(16)15-7-5-6-14(12-15)10-11-18/h3-9,12-13,18H,10-11H2,1-2H3. The molecule has 0 fully saturated rings. The highest BCUT2D eigenvalue weighted by Gasteiger charge is 2.07. The molecule has 1 heteroatoms. The second kappa shape index (κ2) is 5.83. The summed E-state index contributed by atoms with van der Waals surface area (Å²) in [6, 6.07) is 17.0. The van der Waals surface area contributed by atoms with Crippen LogP contribution in [0, 0.1) is 0 Å². The molecule has 0 radical (unpaired) electrons. The van der Waals surface area contributed by atoms with Crippen molar-refractivity contribution >= 4 is 0 Å². The average Bonchev–Trinajstić information content (AvgIpc) is 2.39. The summed E-state index contributed by atoms with van der Waals surface area (Å²) in [5.74, 6) is 0.516. The third-order valence-electron chi connectivity index (χ3n) is 3.22. The highest BCUT2D eigenvalue weighted by atomic mass is 16.2. The van der Waals surface area contributed by atoms with Crippen LogP contribution in [0.15, 0.2) is 48.5 Å². The largest absolute Gasteiger partial charge is 0.396 e. The van der Waals surface area contributed by atoms with E-state index in [4.69, 9.17) is 5.11 Å². The Morgan fingerprint density at radius 1 is 1.00 bits per heavy atom. The molecule has 0 aliphatic carbocycles. The molecule has 0 saturated carbocycles. The Labute approximate surface area is 109 Å². The summed E-state index contributed by atoms with van der Waals surface area (Å²) in [6.45, 7) is 4.64. The molecule has 0 atom stereocenters. The molecular formula is C17H20O. The lowest BCUT2D eigenvalue weighted by Crippen LogP contribution is -1.94. The molecule has 2 aromatic carbocycles. The van der Waals surface area contributed by atoms with Crippen molar-refractivity contribution in [3.63, 3.8) is 0 Å². The van der Waals surface area contributed by atoms with Crippen molar-refractivity contribution in [1.82, 2.24) is 0 Å². The van der Waals surface area contributed by atoms with Crippen molar-refractivity contribution in [2.45, 2.75) is 26.2 Å². The highest BCUT2D eigenvalue weighted by Crippen LogP contribution is 2.29. The maximum atomic E-state index is 9.02. The highest BCUT2D eigenvalue weighted by molar-refractivity contribution is 5.68. The smallest absolute Gasteiger partial charge is 0.0471 e. The molecule has 0 aliphatic heterocycles. The van der Waals surface area contributed by atoms with E-state index in [1.165, 1.54) is 22.3 Å². The predicted octanol–water partition coefficient (Wildman–Crippen LogP) is 4.01. The topological polar surface area (TPSA) is 20.2 Å². The summed E-state index contributed by atoms with van der Waals surface area (Å²) < 4.78 is 0. The number of rotatable bonds is 4. The molecule has 2 rings (SSSR count). The maximum Gasteiger partial charge on any atom is 0.0471 e. The van der Waals surface area contributed by atoms with Crippen molar-refractivity contribution in [3.8, 4) is 11.1 Å². The Morgan fingerprint density at radius 3 is 2.50 bits per heavy atom. The first-order valence-electron chi connectivity index (χ1n) is 6.51. The first-order chi connectivity index (χ1) is 8.72. The fourth-order valence-electron chi connectivity index (χ4n) is 2.29. The van der Waals surface area contributed by atoms with Crippen LogP contribution in [0.5, 0.6) is 0 Å². The molecular weight excluding hydrogens is 220 g/mol. The van der Waals surface area contributed by atoms with Crippen molar-refractivity contribution in [3.05, 3.63) is 59.7 Å². The van der Waals surface area contributed by atoms with E-state index < -0.39 is 0 Å². The molecule has 0 bridgehead atoms. The second-order valence-corrected chi connectivity index (χ2v) is 4.92. The number of hydrogen-bond donors (Lipinski definition) is 1. The third kappa shape index (κ3) is 2.80. The van der Waals surface area contributed by atoms with Gasteiger partial charge in [0.05, 0.1) is 0 Å². The van der Waals surface area contributed by atoms with E-state index in [0.29, 0.717) is 5.92 Å². The van der Waals surface area contributed by atoms with Crippen LogP contribution in [-0.2, 0) is 6.42 Å². The zero-order valence-electron chi connectivity index (χ0n) is 11.1. The normalized spacial score (nSPS) is 10.9. The summed E-state index contributed by atoms with van der Waals surface area (Å²) in [4.78, 5) is 0. The molecule has 0 saturated heterocycles. The predicted molar refractivity (Wildman–Crippen MR) is 76.8 cm³/mol. The van der Waals surface area contributed by atoms with Gasteiger partial charge in [-0.25, -0.2) is 0 Å². The number of hydrogen-bond acceptors (Lipinski definition) is 1. The molecule has 0 aliphatic rings. The first kappa shape index (κ1) is 12.8. The minimum atomic E-state index is 0.204. The molecule has 1 nitrogen and oxygen atoms in total. The van der Waals surface area contributed by atoms with E-state index in [9.17, 15) is 0 Å². The lowest BCUT2D eigenvalue weighted by Gasteiger charge is -2.13. The number of aliphatic hydroxyl groups is 1. The SMILES string of the molecule is CC(C)c1ccccc1-c1cccc(CCO)c1. The van der Waals surface area contributed by atoms with Crippen molar-refractivity contribution in [2.24, 2.45) is 0 Å². The minimum Gasteiger partial charge on any atom is -0.396 e. The van der Waals surface area contributed by atoms with Gasteiger partial charge in [0.1, 0.15) is 0 Å². The fourth-order valence-corrected chi connectivity index (χ4v) is 2.29. The van der Waals surface area contributed by atoms with Crippen molar-refractivity contribution < 1.29 is 5.11 Å². The van der Waals surface area contributed by atoms with Crippen LogP contribution in [0.4, 0.5) is 0 Å². The van der Waals surface area contributed by atoms with Crippen LogP contribution in [0.2, 0.25) is 0 Å². The summed E-state index contributed by atoms with van der Waals surface area (Å²) in [7, 11) is 0. The van der Waals surface area contributed by atoms with E-state index in [2.05, 4.69) is 62.4 Å². The quantitative estimate of drug-likeness (QED) is 0.856. The van der Waals surface area contributed by atoms with Crippen LogP contribution in [0.3, 0.4) is 0 Å². The maximum absolute atomic E-state index is 9.02. The van der Waals surface area contributed by atoms with Gasteiger partial charge in [-0.3, -0.25) is 0 Å². The van der Waals surface area contributed by atoms with Gasteiger partial charge in [0, 0.05) is 6.61 Å². The van der Waals surface area contributed by atoms with Crippen molar-refractivity contribution in [1.29, 1.82) is 0 Å². The van der Waals surface area contributed by atoms with E-state index in [1.807, 2.05) is 0 Å². The Balaban J connectivity index is 2.45. The van der Waals surface area contributed by atoms with E-state index in [-0.39, 0.29) is 6.61 Å². The van der Waals surface area contributed by atoms with Gasteiger partial charge < -0.3 is 5.11 Å². The monoisotopic (exact) mass is 240 g/mol. The lowest BCUT2D eigenvalue weighted by molar-refractivity contribution is 0.299. The zero-order chi connectivity index (χ0) is 13.0. The third-order valence-corrected chi connectivity index (χ3v) is 3.22. The van der Waals surface area contributed by atoms with E-state index in [1.54, 1.807) is 0 Å². The molecule has 0 spiro atoms. The lowest BCUT2D eigenvalue weighted by atomic mass is 9.92. The molecule has 18 heavy (non-hydrogen) atoms.